The van der Waals surface area contributed by atoms with E-state index in [1.165, 1.54) is 0 Å². The molecule has 0 N–H and O–H groups in total. The van der Waals surface area contributed by atoms with Crippen LogP contribution >= 0.6 is 92.8 Å². The summed E-state index contributed by atoms with van der Waals surface area (Å²) in [5, 5.41) is -3.74. The Labute approximate surface area is 326 Å². The molecule has 272 valence electrons. The normalized spacial score (nSPS) is 15.1. The Morgan fingerprint density at radius 1 is 0.471 bits per heavy atom. The van der Waals surface area contributed by atoms with Crippen LogP contribution in [-0.4, -0.2) is 97.8 Å². The molecule has 2 atom stereocenters. The van der Waals surface area contributed by atoms with Crippen LogP contribution in [0.15, 0.2) is 0 Å². The Balaban J connectivity index is 1.94. The van der Waals surface area contributed by atoms with Crippen molar-refractivity contribution in [3.63, 3.8) is 0 Å². The van der Waals surface area contributed by atoms with E-state index >= 15 is 0 Å². The monoisotopic (exact) mass is 866 g/mol. The van der Waals surface area contributed by atoms with Gasteiger partial charge in [-0.3, -0.25) is 38.6 Å². The summed E-state index contributed by atoms with van der Waals surface area (Å²) in [6, 6.07) is -4.46. The fourth-order valence-corrected chi connectivity index (χ4v) is 7.71. The smallest absolute Gasteiger partial charge is 0.329 e. The van der Waals surface area contributed by atoms with E-state index < -0.39 is 140 Å². The molecule has 0 saturated carbocycles. The average Bonchev–Trinajstić information content (AvgIpc) is 3.53. The summed E-state index contributed by atoms with van der Waals surface area (Å²) in [5.41, 5.74) is -5.26. The molecule has 0 aliphatic carbocycles. The van der Waals surface area contributed by atoms with Gasteiger partial charge >= 0.3 is 23.9 Å². The highest BCUT2D eigenvalue weighted by Gasteiger charge is 2.59. The first-order valence-corrected chi connectivity index (χ1v) is 16.6. The van der Waals surface area contributed by atoms with Gasteiger partial charge in [-0.05, 0) is 0 Å². The van der Waals surface area contributed by atoms with Gasteiger partial charge in [0.05, 0.1) is 90.9 Å². The maximum Gasteiger partial charge on any atom is 0.329 e. The van der Waals surface area contributed by atoms with Crippen molar-refractivity contribution in [1.29, 1.82) is 0 Å². The molecule has 2 aliphatic rings. The third-order valence-electron chi connectivity index (χ3n) is 8.07. The number of hydrogen-bond donors (Lipinski definition) is 0. The molecule has 4 rings (SSSR count). The van der Waals surface area contributed by atoms with Gasteiger partial charge in [0.2, 0.25) is 0 Å². The zero-order valence-corrected chi connectivity index (χ0v) is 31.9. The molecule has 2 unspecified atom stereocenters. The van der Waals surface area contributed by atoms with Crippen molar-refractivity contribution in [3.8, 4) is 0 Å². The topological polar surface area (TPSA) is 180 Å². The van der Waals surface area contributed by atoms with Crippen molar-refractivity contribution in [1.82, 2.24) is 9.80 Å². The number of hydrogen-bond acceptors (Lipinski definition) is 12. The summed E-state index contributed by atoms with van der Waals surface area (Å²) in [4.78, 5) is 110. The van der Waals surface area contributed by atoms with E-state index in [1.54, 1.807) is 0 Å². The van der Waals surface area contributed by atoms with Crippen molar-refractivity contribution in [2.45, 2.75) is 24.9 Å². The fourth-order valence-electron chi connectivity index (χ4n) is 5.68. The molecule has 0 saturated heterocycles. The molecule has 4 amide bonds. The molecule has 51 heavy (non-hydrogen) atoms. The van der Waals surface area contributed by atoms with Crippen LogP contribution in [0.2, 0.25) is 40.2 Å². The molecule has 0 fully saturated rings. The maximum absolute atomic E-state index is 13.8. The molecule has 0 spiro atoms. The Bertz CT molecular complexity index is 1750. The van der Waals surface area contributed by atoms with Crippen LogP contribution in [-0.2, 0) is 38.1 Å². The minimum absolute atomic E-state index is 0.264. The van der Waals surface area contributed by atoms with Gasteiger partial charge in [0.1, 0.15) is 12.1 Å². The van der Waals surface area contributed by atoms with Gasteiger partial charge in [-0.25, -0.2) is 9.59 Å². The third kappa shape index (κ3) is 6.27. The molecule has 2 aliphatic heterocycles. The molecule has 0 aromatic heterocycles. The van der Waals surface area contributed by atoms with Gasteiger partial charge in [0.25, 0.3) is 23.6 Å². The first kappa shape index (κ1) is 40.7. The summed E-state index contributed by atoms with van der Waals surface area (Å²) in [6.45, 7) is 0. The van der Waals surface area contributed by atoms with E-state index in [0.29, 0.717) is 0 Å². The first-order chi connectivity index (χ1) is 23.8. The minimum atomic E-state index is -2.93. The van der Waals surface area contributed by atoms with Crippen molar-refractivity contribution in [2.75, 3.05) is 28.4 Å². The standard InChI is InChI=1S/C29H18Cl8N2O12/c1-48-25(44)7(38-21(40)9-10(22(38)41)14(31)18(35)17(34)13(9)30)5-29(27(46)50-3,28(47)51-4)6-8(26(45)49-2)39-23(42)11-12(24(39)43)16(33)20(37)19(36)15(11)32/h7-8H,5-6H2,1-4H3. The summed E-state index contributed by atoms with van der Waals surface area (Å²) >= 11 is 49.4. The molecule has 22 heteroatoms. The number of rotatable bonds is 10. The van der Waals surface area contributed by atoms with E-state index in [-0.39, 0.29) is 9.80 Å². The van der Waals surface area contributed by atoms with E-state index in [9.17, 15) is 38.4 Å². The van der Waals surface area contributed by atoms with Gasteiger partial charge < -0.3 is 18.9 Å². The summed E-state index contributed by atoms with van der Waals surface area (Å²) in [6.07, 6.45) is -2.51. The summed E-state index contributed by atoms with van der Waals surface area (Å²) in [5.74, 6) is -11.0. The second kappa shape index (κ2) is 15.1. The predicted molar refractivity (Wildman–Crippen MR) is 181 cm³/mol. The maximum atomic E-state index is 13.8. The highest BCUT2D eigenvalue weighted by Crippen LogP contribution is 2.48. The molecular weight excluding hydrogens is 852 g/mol. The van der Waals surface area contributed by atoms with E-state index in [4.69, 9.17) is 112 Å². The number of amides is 4. The molecule has 2 aromatic carbocycles. The molecule has 2 aromatic rings. The van der Waals surface area contributed by atoms with Gasteiger partial charge in [0.15, 0.2) is 5.41 Å². The van der Waals surface area contributed by atoms with E-state index in [0.717, 1.165) is 28.4 Å². The lowest BCUT2D eigenvalue weighted by Gasteiger charge is -2.36. The SMILES string of the molecule is COC(=O)C(CC(CC(C(=O)OC)N1C(=O)c2c(Cl)c(Cl)c(Cl)c(Cl)c2C1=O)(C(=O)OC)C(=O)OC)N1C(=O)c2c(Cl)c(Cl)c(Cl)c(Cl)c2C1=O. The van der Waals surface area contributed by atoms with Crippen LogP contribution < -0.4 is 0 Å². The lowest BCUT2D eigenvalue weighted by molar-refractivity contribution is -0.174. The molecule has 2 heterocycles. The lowest BCUT2D eigenvalue weighted by Crippen LogP contribution is -2.56. The Morgan fingerprint density at radius 2 is 0.706 bits per heavy atom. The quantitative estimate of drug-likeness (QED) is 0.0680. The lowest BCUT2D eigenvalue weighted by atomic mass is 9.75. The number of ether oxygens (including phenoxy) is 4. The number of fused-ring (bicyclic) bond motifs is 2. The van der Waals surface area contributed by atoms with Gasteiger partial charge in [-0.1, -0.05) is 92.8 Å². The van der Waals surface area contributed by atoms with Crippen LogP contribution in [0.1, 0.15) is 54.3 Å². The van der Waals surface area contributed by atoms with Crippen LogP contribution in [0.3, 0.4) is 0 Å². The fraction of sp³-hybridized carbons (Fsp3) is 0.310. The zero-order valence-electron chi connectivity index (χ0n) is 25.9. The van der Waals surface area contributed by atoms with Gasteiger partial charge in [0, 0.05) is 12.8 Å². The Kier molecular flexibility index (Phi) is 12.1. The van der Waals surface area contributed by atoms with Crippen LogP contribution in [0, 0.1) is 5.41 Å². The van der Waals surface area contributed by atoms with Crippen molar-refractivity contribution in [3.05, 3.63) is 62.4 Å². The Morgan fingerprint density at radius 3 is 0.902 bits per heavy atom. The number of benzene rings is 2. The van der Waals surface area contributed by atoms with Crippen molar-refractivity contribution < 1.29 is 57.3 Å². The molecule has 0 bridgehead atoms. The number of halogens is 8. The number of nitrogens with zero attached hydrogens (tertiary/aromatic N) is 2. The highest BCUT2D eigenvalue weighted by molar-refractivity contribution is 6.56. The molecule has 14 nitrogen and oxygen atoms in total. The first-order valence-electron chi connectivity index (χ1n) is 13.6. The highest BCUT2D eigenvalue weighted by atomic mass is 35.5. The van der Waals surface area contributed by atoms with Crippen LogP contribution in [0.4, 0.5) is 0 Å². The predicted octanol–water partition coefficient (Wildman–Crippen LogP) is 6.00. The Hall–Kier alpha value is -3.08. The van der Waals surface area contributed by atoms with E-state index in [1.807, 2.05) is 0 Å². The number of esters is 4. The zero-order chi connectivity index (χ0) is 38.6. The van der Waals surface area contributed by atoms with Crippen LogP contribution in [0.5, 0.6) is 0 Å². The van der Waals surface area contributed by atoms with E-state index in [2.05, 4.69) is 0 Å². The number of carbonyl (C=O) groups is 8. The number of imide groups is 2. The van der Waals surface area contributed by atoms with Gasteiger partial charge in [-0.15, -0.1) is 0 Å². The van der Waals surface area contributed by atoms with Crippen molar-refractivity contribution >= 4 is 140 Å². The largest absolute Gasteiger partial charge is 0.468 e. The average molecular weight is 870 g/mol. The second-order valence-corrected chi connectivity index (χ2v) is 13.5. The number of methoxy groups -OCH3 is 4. The summed E-state index contributed by atoms with van der Waals surface area (Å²) < 4.78 is 19.4. The van der Waals surface area contributed by atoms with Gasteiger partial charge in [-0.2, -0.15) is 0 Å². The molecular formula is C29H18Cl8N2O12. The second-order valence-electron chi connectivity index (χ2n) is 10.5. The van der Waals surface area contributed by atoms with Crippen LogP contribution in [0.25, 0.3) is 0 Å². The summed E-state index contributed by atoms with van der Waals surface area (Å²) in [7, 11) is 3.30. The third-order valence-corrected chi connectivity index (χ3v) is 11.7. The van der Waals surface area contributed by atoms with Crippen molar-refractivity contribution in [2.24, 2.45) is 5.41 Å². The molecule has 0 radical (unpaired) electrons. The minimum Gasteiger partial charge on any atom is -0.468 e. The number of carbonyl (C=O) groups excluding carboxylic acids is 8.